The molecule has 1 aliphatic rings. The number of anilines is 1. The van der Waals surface area contributed by atoms with Gasteiger partial charge in [0, 0.05) is 11.9 Å². The molecular formula is C22H23N3O7S3. The minimum absolute atomic E-state index is 0.269. The van der Waals surface area contributed by atoms with E-state index in [1.54, 1.807) is 30.9 Å². The van der Waals surface area contributed by atoms with Crippen LogP contribution >= 0.6 is 22.7 Å². The molecule has 2 aromatic heterocycles. The molecule has 35 heavy (non-hydrogen) atoms. The number of benzene rings is 1. The lowest BCUT2D eigenvalue weighted by Gasteiger charge is -2.07. The van der Waals surface area contributed by atoms with E-state index >= 15 is 0 Å². The highest BCUT2D eigenvalue weighted by Gasteiger charge is 2.29. The number of methoxy groups -OCH3 is 2. The van der Waals surface area contributed by atoms with Gasteiger partial charge in [-0.25, -0.2) is 13.2 Å². The summed E-state index contributed by atoms with van der Waals surface area (Å²) in [7, 11) is 0.417. The zero-order chi connectivity index (χ0) is 25.3. The van der Waals surface area contributed by atoms with Gasteiger partial charge in [0.25, 0.3) is 5.91 Å². The van der Waals surface area contributed by atoms with Crippen LogP contribution in [0.5, 0.6) is 5.75 Å². The van der Waals surface area contributed by atoms with Crippen molar-refractivity contribution in [1.82, 2.24) is 4.57 Å². The quantitative estimate of drug-likeness (QED) is 0.456. The van der Waals surface area contributed by atoms with Gasteiger partial charge >= 0.3 is 5.97 Å². The van der Waals surface area contributed by atoms with Crippen molar-refractivity contribution in [2.45, 2.75) is 19.3 Å². The summed E-state index contributed by atoms with van der Waals surface area (Å²) in [6.45, 7) is 0. The van der Waals surface area contributed by atoms with Crippen LogP contribution < -0.4 is 14.9 Å². The zero-order valence-corrected chi connectivity index (χ0v) is 21.7. The summed E-state index contributed by atoms with van der Waals surface area (Å²) in [5.41, 5.74) is 1.92. The minimum atomic E-state index is -4.10. The molecule has 3 aromatic rings. The standard InChI is InChI=1S/C22H23N3O7S3/c1-25-14-8-7-12(31-2)9-16(14)34-22(25)24-18(27)11-35(29,30)10-17(26)23-20-19(21(28)32-3)13-5-4-6-15(13)33-20/h7-9H,4-6,10-11H2,1-3H3,(H,23,26). The number of hydrogen-bond acceptors (Lipinski definition) is 9. The van der Waals surface area contributed by atoms with E-state index in [9.17, 15) is 22.8 Å². The lowest BCUT2D eigenvalue weighted by Crippen LogP contribution is -2.28. The monoisotopic (exact) mass is 537 g/mol. The minimum Gasteiger partial charge on any atom is -0.497 e. The molecule has 2 heterocycles. The third-order valence-electron chi connectivity index (χ3n) is 5.50. The normalized spacial score (nSPS) is 13.6. The van der Waals surface area contributed by atoms with Crippen molar-refractivity contribution in [1.29, 1.82) is 0 Å². The molecule has 0 bridgehead atoms. The summed E-state index contributed by atoms with van der Waals surface area (Å²) in [6.07, 6.45) is 2.39. The maximum Gasteiger partial charge on any atom is 0.341 e. The van der Waals surface area contributed by atoms with Gasteiger partial charge in [-0.3, -0.25) is 9.59 Å². The van der Waals surface area contributed by atoms with Crippen LogP contribution in [-0.4, -0.2) is 56.5 Å². The molecule has 4 rings (SSSR count). The summed E-state index contributed by atoms with van der Waals surface area (Å²) >= 11 is 2.47. The number of rotatable bonds is 7. The number of carbonyl (C=O) groups is 3. The van der Waals surface area contributed by atoms with Crippen LogP contribution in [0.15, 0.2) is 23.2 Å². The molecule has 0 atom stereocenters. The fourth-order valence-corrected chi connectivity index (χ4v) is 7.27. The lowest BCUT2D eigenvalue weighted by molar-refractivity contribution is -0.115. The SMILES string of the molecule is COC(=O)c1c(NC(=O)CS(=O)(=O)CC(=O)N=c2sc3cc(OC)ccc3n2C)sc2c1CCC2. The van der Waals surface area contributed by atoms with E-state index in [1.807, 2.05) is 6.07 Å². The van der Waals surface area contributed by atoms with Crippen molar-refractivity contribution in [2.75, 3.05) is 31.0 Å². The molecule has 0 aliphatic heterocycles. The van der Waals surface area contributed by atoms with E-state index in [4.69, 9.17) is 9.47 Å². The van der Waals surface area contributed by atoms with Crippen molar-refractivity contribution >= 4 is 65.5 Å². The fraction of sp³-hybridized carbons (Fsp3) is 0.364. The first-order valence-corrected chi connectivity index (χ1v) is 14.0. The molecule has 186 valence electrons. The predicted molar refractivity (Wildman–Crippen MR) is 133 cm³/mol. The van der Waals surface area contributed by atoms with Gasteiger partial charge in [0.1, 0.15) is 22.3 Å². The number of thiazole rings is 1. The molecule has 0 fully saturated rings. The number of nitrogens with zero attached hydrogens (tertiary/aromatic N) is 2. The van der Waals surface area contributed by atoms with Crippen molar-refractivity contribution in [3.8, 4) is 5.75 Å². The molecule has 0 spiro atoms. The topological polar surface area (TPSA) is 133 Å². The summed E-state index contributed by atoms with van der Waals surface area (Å²) < 4.78 is 37.6. The van der Waals surface area contributed by atoms with Crippen LogP contribution in [0.25, 0.3) is 10.2 Å². The molecule has 1 aliphatic carbocycles. The smallest absolute Gasteiger partial charge is 0.341 e. The second-order valence-corrected chi connectivity index (χ2v) is 12.1. The average molecular weight is 538 g/mol. The Morgan fingerprint density at radius 1 is 1.14 bits per heavy atom. The largest absolute Gasteiger partial charge is 0.497 e. The van der Waals surface area contributed by atoms with Crippen molar-refractivity contribution in [3.05, 3.63) is 39.0 Å². The van der Waals surface area contributed by atoms with Crippen LogP contribution in [0.3, 0.4) is 0 Å². The zero-order valence-electron chi connectivity index (χ0n) is 19.2. The molecule has 0 unspecified atom stereocenters. The first kappa shape index (κ1) is 25.1. The van der Waals surface area contributed by atoms with Crippen LogP contribution in [0.4, 0.5) is 5.00 Å². The van der Waals surface area contributed by atoms with Gasteiger partial charge in [-0.1, -0.05) is 11.3 Å². The van der Waals surface area contributed by atoms with E-state index in [-0.39, 0.29) is 10.6 Å². The number of aryl methyl sites for hydroxylation is 2. The Labute approximate surface area is 209 Å². The predicted octanol–water partition coefficient (Wildman–Crippen LogP) is 2.07. The molecule has 10 nitrogen and oxygen atoms in total. The number of thiophene rings is 1. The highest BCUT2D eigenvalue weighted by Crippen LogP contribution is 2.39. The number of fused-ring (bicyclic) bond motifs is 2. The molecule has 1 N–H and O–H groups in total. The summed E-state index contributed by atoms with van der Waals surface area (Å²) in [5, 5.41) is 2.78. The number of nitrogens with one attached hydrogen (secondary N) is 1. The Bertz CT molecular complexity index is 1510. The lowest BCUT2D eigenvalue weighted by atomic mass is 10.1. The second-order valence-electron chi connectivity index (χ2n) is 7.92. The Balaban J connectivity index is 1.47. The first-order chi connectivity index (χ1) is 16.6. The maximum atomic E-state index is 12.5. The van der Waals surface area contributed by atoms with Crippen LogP contribution in [0, 0.1) is 0 Å². The number of aromatic nitrogens is 1. The average Bonchev–Trinajstić information content (AvgIpc) is 3.45. The molecule has 2 amide bonds. The van der Waals surface area contributed by atoms with E-state index in [0.29, 0.717) is 17.0 Å². The van der Waals surface area contributed by atoms with Crippen LogP contribution in [-0.2, 0) is 44.1 Å². The summed E-state index contributed by atoms with van der Waals surface area (Å²) in [4.78, 5) is 42.4. The van der Waals surface area contributed by atoms with E-state index in [0.717, 1.165) is 33.5 Å². The summed E-state index contributed by atoms with van der Waals surface area (Å²) in [6, 6.07) is 5.39. The molecule has 0 saturated carbocycles. The van der Waals surface area contributed by atoms with Gasteiger partial charge in [-0.2, -0.15) is 4.99 Å². The van der Waals surface area contributed by atoms with Crippen LogP contribution in [0.1, 0.15) is 27.2 Å². The van der Waals surface area contributed by atoms with Crippen molar-refractivity contribution < 1.29 is 32.3 Å². The number of hydrogen-bond donors (Lipinski definition) is 1. The van der Waals surface area contributed by atoms with E-state index in [1.165, 1.54) is 29.8 Å². The molecule has 13 heteroatoms. The highest BCUT2D eigenvalue weighted by atomic mass is 32.2. The van der Waals surface area contributed by atoms with Crippen LogP contribution in [0.2, 0.25) is 0 Å². The second kappa shape index (κ2) is 9.91. The van der Waals surface area contributed by atoms with Gasteiger partial charge in [0.15, 0.2) is 14.6 Å². The Morgan fingerprint density at radius 2 is 1.91 bits per heavy atom. The van der Waals surface area contributed by atoms with Gasteiger partial charge in [-0.05, 0) is 43.0 Å². The summed E-state index contributed by atoms with van der Waals surface area (Å²) in [5.74, 6) is -3.46. The molecule has 0 saturated heterocycles. The van der Waals surface area contributed by atoms with Gasteiger partial charge in [0.05, 0.1) is 30.0 Å². The molecular weight excluding hydrogens is 514 g/mol. The van der Waals surface area contributed by atoms with Gasteiger partial charge in [0.2, 0.25) is 5.91 Å². The fourth-order valence-electron chi connectivity index (χ4n) is 3.90. The molecule has 1 aromatic carbocycles. The highest BCUT2D eigenvalue weighted by molar-refractivity contribution is 7.92. The number of carbonyl (C=O) groups excluding carboxylic acids is 3. The number of amides is 2. The number of sulfone groups is 1. The van der Waals surface area contributed by atoms with Crippen molar-refractivity contribution in [2.24, 2.45) is 12.0 Å². The number of ether oxygens (including phenoxy) is 2. The first-order valence-electron chi connectivity index (χ1n) is 10.6. The number of esters is 1. The molecule has 0 radical (unpaired) electrons. The van der Waals surface area contributed by atoms with Gasteiger partial charge in [-0.15, -0.1) is 11.3 Å². The third-order valence-corrected chi connectivity index (χ3v) is 9.19. The Morgan fingerprint density at radius 3 is 2.63 bits per heavy atom. The Hall–Kier alpha value is -3.03. The van der Waals surface area contributed by atoms with E-state index < -0.39 is 39.1 Å². The Kier molecular flexibility index (Phi) is 7.10. The maximum absolute atomic E-state index is 12.5. The van der Waals surface area contributed by atoms with E-state index in [2.05, 4.69) is 10.3 Å². The van der Waals surface area contributed by atoms with Gasteiger partial charge < -0.3 is 19.4 Å². The third kappa shape index (κ3) is 5.31. The van der Waals surface area contributed by atoms with Crippen molar-refractivity contribution in [3.63, 3.8) is 0 Å².